The molecule has 0 aromatic carbocycles. The molecule has 0 bridgehead atoms. The summed E-state index contributed by atoms with van der Waals surface area (Å²) in [7, 11) is 5.52. The first-order chi connectivity index (χ1) is 7.54. The van der Waals surface area contributed by atoms with E-state index in [1.807, 2.05) is 19.0 Å². The first kappa shape index (κ1) is 13.2. The maximum atomic E-state index is 9.14. The van der Waals surface area contributed by atoms with Crippen molar-refractivity contribution in [2.24, 2.45) is 0 Å². The summed E-state index contributed by atoms with van der Waals surface area (Å²) in [6.45, 7) is 2.99. The van der Waals surface area contributed by atoms with Gasteiger partial charge in [-0.3, -0.25) is 0 Å². The summed E-state index contributed by atoms with van der Waals surface area (Å²) in [4.78, 5) is 7.34. The lowest BCUT2D eigenvalue weighted by Crippen LogP contribution is -2.23. The molecule has 0 amide bonds. The minimum atomic E-state index is -0.341. The lowest BCUT2D eigenvalue weighted by atomic mass is 10.4. The molecule has 1 unspecified atom stereocenters. The van der Waals surface area contributed by atoms with E-state index >= 15 is 0 Å². The van der Waals surface area contributed by atoms with Gasteiger partial charge in [0.05, 0.1) is 18.1 Å². The van der Waals surface area contributed by atoms with Gasteiger partial charge in [0.1, 0.15) is 0 Å². The minimum Gasteiger partial charge on any atom is -0.480 e. The van der Waals surface area contributed by atoms with Gasteiger partial charge in [-0.25, -0.2) is 0 Å². The lowest BCUT2D eigenvalue weighted by molar-refractivity contribution is 0.191. The van der Waals surface area contributed by atoms with Crippen LogP contribution in [0.1, 0.15) is 11.8 Å². The summed E-state index contributed by atoms with van der Waals surface area (Å²) in [6, 6.07) is 0. The van der Waals surface area contributed by atoms with Crippen molar-refractivity contribution in [1.82, 2.24) is 10.3 Å². The van der Waals surface area contributed by atoms with E-state index in [0.29, 0.717) is 19.0 Å². The molecule has 1 aromatic heterocycles. The first-order valence-electron chi connectivity index (χ1n) is 5.14. The molecule has 5 nitrogen and oxygen atoms in total. The average Bonchev–Trinajstić information content (AvgIpc) is 2.60. The average molecular weight is 245 g/mol. The van der Waals surface area contributed by atoms with E-state index in [-0.39, 0.29) is 6.10 Å². The van der Waals surface area contributed by atoms with Crippen LogP contribution in [0, 0.1) is 0 Å². The van der Waals surface area contributed by atoms with Gasteiger partial charge in [0.25, 0.3) is 0 Å². The molecule has 6 heteroatoms. The quantitative estimate of drug-likeness (QED) is 0.772. The number of ether oxygens (including phenoxy) is 1. The molecule has 0 aliphatic rings. The Balaban J connectivity index is 2.63. The van der Waals surface area contributed by atoms with Gasteiger partial charge >= 0.3 is 0 Å². The van der Waals surface area contributed by atoms with Crippen LogP contribution in [-0.4, -0.2) is 43.9 Å². The molecular formula is C10H19N3O2S. The second kappa shape index (κ2) is 6.03. The van der Waals surface area contributed by atoms with Crippen molar-refractivity contribution in [3.8, 4) is 5.88 Å². The SMILES string of the molecule is COc1nc(N(C)C)sc1CNCC(C)O. The van der Waals surface area contributed by atoms with Crippen LogP contribution in [-0.2, 0) is 6.54 Å². The van der Waals surface area contributed by atoms with Crippen molar-refractivity contribution in [1.29, 1.82) is 0 Å². The highest BCUT2D eigenvalue weighted by atomic mass is 32.1. The molecule has 1 aromatic rings. The third kappa shape index (κ3) is 3.62. The highest BCUT2D eigenvalue weighted by Gasteiger charge is 2.12. The van der Waals surface area contributed by atoms with Gasteiger partial charge in [-0.05, 0) is 6.92 Å². The van der Waals surface area contributed by atoms with Crippen molar-refractivity contribution < 1.29 is 9.84 Å². The van der Waals surface area contributed by atoms with Crippen LogP contribution < -0.4 is 15.0 Å². The summed E-state index contributed by atoms with van der Waals surface area (Å²) in [5.41, 5.74) is 0. The van der Waals surface area contributed by atoms with E-state index in [1.165, 1.54) is 0 Å². The van der Waals surface area contributed by atoms with Gasteiger partial charge in [-0.2, -0.15) is 4.98 Å². The Kier molecular flexibility index (Phi) is 4.98. The third-order valence-electron chi connectivity index (χ3n) is 1.95. The van der Waals surface area contributed by atoms with Crippen LogP contribution in [0.15, 0.2) is 0 Å². The molecule has 0 radical (unpaired) electrons. The highest BCUT2D eigenvalue weighted by Crippen LogP contribution is 2.29. The fraction of sp³-hybridized carbons (Fsp3) is 0.700. The monoisotopic (exact) mass is 245 g/mol. The maximum absolute atomic E-state index is 9.14. The second-order valence-corrected chi connectivity index (χ2v) is 4.87. The van der Waals surface area contributed by atoms with Gasteiger partial charge in [-0.1, -0.05) is 11.3 Å². The summed E-state index contributed by atoms with van der Waals surface area (Å²) < 4.78 is 5.20. The number of rotatable bonds is 6. The number of anilines is 1. The zero-order valence-corrected chi connectivity index (χ0v) is 11.0. The molecule has 0 fully saturated rings. The number of nitrogens with zero attached hydrogens (tertiary/aromatic N) is 2. The number of hydrogen-bond acceptors (Lipinski definition) is 6. The molecule has 0 spiro atoms. The molecule has 92 valence electrons. The van der Waals surface area contributed by atoms with Crippen LogP contribution in [0.3, 0.4) is 0 Å². The van der Waals surface area contributed by atoms with E-state index < -0.39 is 0 Å². The molecule has 16 heavy (non-hydrogen) atoms. The molecule has 1 atom stereocenters. The Morgan fingerprint density at radius 3 is 2.75 bits per heavy atom. The van der Waals surface area contributed by atoms with E-state index in [1.54, 1.807) is 25.4 Å². The van der Waals surface area contributed by atoms with Crippen LogP contribution in [0.2, 0.25) is 0 Å². The molecule has 1 rings (SSSR count). The molecule has 0 saturated heterocycles. The fourth-order valence-electron chi connectivity index (χ4n) is 1.18. The number of aliphatic hydroxyl groups excluding tert-OH is 1. The molecule has 0 aliphatic carbocycles. The van der Waals surface area contributed by atoms with E-state index in [4.69, 9.17) is 9.84 Å². The standard InChI is InChI=1S/C10H19N3O2S/c1-7(14)5-11-6-8-9(15-4)12-10(16-8)13(2)3/h7,11,14H,5-6H2,1-4H3. The highest BCUT2D eigenvalue weighted by molar-refractivity contribution is 7.15. The smallest absolute Gasteiger partial charge is 0.230 e. The third-order valence-corrected chi connectivity index (χ3v) is 3.16. The van der Waals surface area contributed by atoms with Gasteiger partial charge in [0.15, 0.2) is 5.13 Å². The fourth-order valence-corrected chi connectivity index (χ4v) is 2.10. The number of aromatic nitrogens is 1. The van der Waals surface area contributed by atoms with Crippen LogP contribution in [0.5, 0.6) is 5.88 Å². The Hall–Kier alpha value is -0.850. The number of methoxy groups -OCH3 is 1. The summed E-state index contributed by atoms with van der Waals surface area (Å²) in [6.07, 6.45) is -0.341. The van der Waals surface area contributed by atoms with Gasteiger partial charge in [0.2, 0.25) is 5.88 Å². The topological polar surface area (TPSA) is 57.6 Å². The Morgan fingerprint density at radius 2 is 2.25 bits per heavy atom. The van der Waals surface area contributed by atoms with E-state index in [2.05, 4.69) is 10.3 Å². The predicted molar refractivity (Wildman–Crippen MR) is 66.4 cm³/mol. The van der Waals surface area contributed by atoms with Crippen LogP contribution in [0.25, 0.3) is 0 Å². The summed E-state index contributed by atoms with van der Waals surface area (Å²) >= 11 is 1.59. The molecule has 0 saturated carbocycles. The number of thiazole rings is 1. The largest absolute Gasteiger partial charge is 0.480 e. The van der Waals surface area contributed by atoms with Crippen LogP contribution >= 0.6 is 11.3 Å². The van der Waals surface area contributed by atoms with Crippen LogP contribution in [0.4, 0.5) is 5.13 Å². The van der Waals surface area contributed by atoms with Crippen molar-refractivity contribution in [3.63, 3.8) is 0 Å². The molecule has 2 N–H and O–H groups in total. The Labute approximate surface area is 100 Å². The zero-order chi connectivity index (χ0) is 12.1. The molecule has 0 aliphatic heterocycles. The molecule has 1 heterocycles. The lowest BCUT2D eigenvalue weighted by Gasteiger charge is -2.06. The van der Waals surface area contributed by atoms with E-state index in [9.17, 15) is 0 Å². The Morgan fingerprint density at radius 1 is 1.56 bits per heavy atom. The number of hydrogen-bond donors (Lipinski definition) is 2. The number of nitrogens with one attached hydrogen (secondary N) is 1. The van der Waals surface area contributed by atoms with E-state index in [0.717, 1.165) is 10.0 Å². The van der Waals surface area contributed by atoms with Crippen molar-refractivity contribution in [2.75, 3.05) is 32.6 Å². The predicted octanol–water partition coefficient (Wildman–Crippen LogP) is 0.688. The maximum Gasteiger partial charge on any atom is 0.230 e. The summed E-state index contributed by atoms with van der Waals surface area (Å²) in [5, 5.41) is 13.2. The number of aliphatic hydroxyl groups is 1. The summed E-state index contributed by atoms with van der Waals surface area (Å²) in [5.74, 6) is 0.659. The normalized spacial score (nSPS) is 12.6. The first-order valence-corrected chi connectivity index (χ1v) is 5.96. The van der Waals surface area contributed by atoms with Gasteiger partial charge in [-0.15, -0.1) is 0 Å². The zero-order valence-electron chi connectivity index (χ0n) is 10.1. The Bertz CT molecular complexity index is 326. The van der Waals surface area contributed by atoms with Crippen molar-refractivity contribution in [2.45, 2.75) is 19.6 Å². The van der Waals surface area contributed by atoms with Crippen molar-refractivity contribution >= 4 is 16.5 Å². The minimum absolute atomic E-state index is 0.341. The molecular weight excluding hydrogens is 226 g/mol. The van der Waals surface area contributed by atoms with Gasteiger partial charge in [0, 0.05) is 27.2 Å². The second-order valence-electron chi connectivity index (χ2n) is 3.80. The van der Waals surface area contributed by atoms with Gasteiger partial charge < -0.3 is 20.1 Å². The van der Waals surface area contributed by atoms with Crippen molar-refractivity contribution in [3.05, 3.63) is 4.88 Å².